The van der Waals surface area contributed by atoms with E-state index in [1.165, 1.54) is 0 Å². The number of hydrogen-bond acceptors (Lipinski definition) is 3. The van der Waals surface area contributed by atoms with Crippen molar-refractivity contribution in [2.45, 2.75) is 6.42 Å². The molecule has 0 aromatic heterocycles. The minimum absolute atomic E-state index is 0.0367. The van der Waals surface area contributed by atoms with Gasteiger partial charge in [-0.2, -0.15) is 0 Å². The zero-order valence-corrected chi connectivity index (χ0v) is 10.0. The molecule has 1 atom stereocenters. The first kappa shape index (κ1) is 12.6. The summed E-state index contributed by atoms with van der Waals surface area (Å²) in [5.74, 6) is -0.537. The van der Waals surface area contributed by atoms with E-state index in [2.05, 4.69) is 5.32 Å². The normalized spacial score (nSPS) is 19.1. The number of hydrogen-bond donors (Lipinski definition) is 2. The lowest BCUT2D eigenvalue weighted by Crippen LogP contribution is -2.34. The van der Waals surface area contributed by atoms with Crippen molar-refractivity contribution in [3.63, 3.8) is 0 Å². The van der Waals surface area contributed by atoms with Gasteiger partial charge in [-0.15, -0.1) is 0 Å². The number of carbonyl (C=O) groups is 2. The van der Waals surface area contributed by atoms with Crippen molar-refractivity contribution in [3.05, 3.63) is 30.3 Å². The van der Waals surface area contributed by atoms with Gasteiger partial charge in [0.05, 0.1) is 12.5 Å². The molecule has 18 heavy (non-hydrogen) atoms. The number of aliphatic hydroxyl groups is 1. The number of aliphatic hydroxyl groups excluding tert-OH is 1. The van der Waals surface area contributed by atoms with Crippen LogP contribution in [0.4, 0.5) is 5.69 Å². The molecule has 1 aromatic carbocycles. The third-order valence-electron chi connectivity index (χ3n) is 2.97. The zero-order chi connectivity index (χ0) is 13.0. The molecular weight excluding hydrogens is 232 g/mol. The van der Waals surface area contributed by atoms with E-state index in [4.69, 9.17) is 5.11 Å². The highest BCUT2D eigenvalue weighted by atomic mass is 16.3. The van der Waals surface area contributed by atoms with Crippen molar-refractivity contribution in [3.8, 4) is 0 Å². The van der Waals surface area contributed by atoms with Crippen molar-refractivity contribution < 1.29 is 14.7 Å². The van der Waals surface area contributed by atoms with Crippen LogP contribution >= 0.6 is 0 Å². The van der Waals surface area contributed by atoms with Crippen LogP contribution < -0.4 is 10.2 Å². The summed E-state index contributed by atoms with van der Waals surface area (Å²) in [4.78, 5) is 25.2. The van der Waals surface area contributed by atoms with Crippen LogP contribution in [-0.2, 0) is 9.59 Å². The molecular formula is C13H16N2O3. The lowest BCUT2D eigenvalue weighted by molar-refractivity contribution is -0.126. The van der Waals surface area contributed by atoms with E-state index >= 15 is 0 Å². The Hall–Kier alpha value is -1.88. The van der Waals surface area contributed by atoms with E-state index in [-0.39, 0.29) is 37.3 Å². The van der Waals surface area contributed by atoms with Crippen molar-refractivity contribution >= 4 is 17.5 Å². The molecule has 5 nitrogen and oxygen atoms in total. The van der Waals surface area contributed by atoms with Crippen LogP contribution in [0.2, 0.25) is 0 Å². The number of rotatable bonds is 4. The van der Waals surface area contributed by atoms with Crippen LogP contribution in [0.1, 0.15) is 6.42 Å². The van der Waals surface area contributed by atoms with Gasteiger partial charge in [0, 0.05) is 25.2 Å². The van der Waals surface area contributed by atoms with Crippen molar-refractivity contribution in [2.24, 2.45) is 5.92 Å². The Morgan fingerprint density at radius 1 is 1.39 bits per heavy atom. The first-order valence-corrected chi connectivity index (χ1v) is 5.96. The predicted octanol–water partition coefficient (Wildman–Crippen LogP) is 0.148. The molecule has 0 radical (unpaired) electrons. The Bertz CT molecular complexity index is 433. The number of nitrogens with zero attached hydrogens (tertiary/aromatic N) is 1. The van der Waals surface area contributed by atoms with Gasteiger partial charge in [-0.25, -0.2) is 0 Å². The van der Waals surface area contributed by atoms with Gasteiger partial charge in [0.2, 0.25) is 11.8 Å². The molecule has 2 amide bonds. The van der Waals surface area contributed by atoms with E-state index in [9.17, 15) is 9.59 Å². The molecule has 2 rings (SSSR count). The van der Waals surface area contributed by atoms with E-state index in [0.717, 1.165) is 5.69 Å². The minimum atomic E-state index is -0.329. The number of para-hydroxylation sites is 1. The summed E-state index contributed by atoms with van der Waals surface area (Å²) in [5.41, 5.74) is 0.819. The summed E-state index contributed by atoms with van der Waals surface area (Å²) in [5, 5.41) is 11.2. The second kappa shape index (κ2) is 5.64. The second-order valence-electron chi connectivity index (χ2n) is 4.26. The highest BCUT2D eigenvalue weighted by Crippen LogP contribution is 2.24. The van der Waals surface area contributed by atoms with Crippen LogP contribution in [-0.4, -0.2) is 36.6 Å². The van der Waals surface area contributed by atoms with Crippen LogP contribution in [0.15, 0.2) is 30.3 Å². The molecule has 1 heterocycles. The summed E-state index contributed by atoms with van der Waals surface area (Å²) in [7, 11) is 0. The van der Waals surface area contributed by atoms with Gasteiger partial charge in [-0.05, 0) is 12.1 Å². The van der Waals surface area contributed by atoms with Crippen LogP contribution in [0, 0.1) is 5.92 Å². The number of anilines is 1. The summed E-state index contributed by atoms with van der Waals surface area (Å²) in [6.07, 6.45) is 0.228. The molecule has 1 unspecified atom stereocenters. The Balaban J connectivity index is 2.01. The molecule has 5 heteroatoms. The molecule has 1 saturated heterocycles. The highest BCUT2D eigenvalue weighted by molar-refractivity contribution is 6.00. The van der Waals surface area contributed by atoms with Gasteiger partial charge in [-0.3, -0.25) is 9.59 Å². The minimum Gasteiger partial charge on any atom is -0.395 e. The monoisotopic (exact) mass is 248 g/mol. The van der Waals surface area contributed by atoms with Crippen molar-refractivity contribution in [2.75, 3.05) is 24.6 Å². The van der Waals surface area contributed by atoms with Gasteiger partial charge >= 0.3 is 0 Å². The average Bonchev–Trinajstić information content (AvgIpc) is 2.79. The van der Waals surface area contributed by atoms with Crippen LogP contribution in [0.3, 0.4) is 0 Å². The van der Waals surface area contributed by atoms with Gasteiger partial charge < -0.3 is 15.3 Å². The first-order valence-electron chi connectivity index (χ1n) is 5.96. The predicted molar refractivity (Wildman–Crippen MR) is 67.0 cm³/mol. The maximum Gasteiger partial charge on any atom is 0.227 e. The smallest absolute Gasteiger partial charge is 0.227 e. The molecule has 2 N–H and O–H groups in total. The fraction of sp³-hybridized carbons (Fsp3) is 0.385. The largest absolute Gasteiger partial charge is 0.395 e. The van der Waals surface area contributed by atoms with Gasteiger partial charge in [-0.1, -0.05) is 18.2 Å². The van der Waals surface area contributed by atoms with Gasteiger partial charge in [0.1, 0.15) is 0 Å². The quantitative estimate of drug-likeness (QED) is 0.796. The summed E-state index contributed by atoms with van der Waals surface area (Å²) < 4.78 is 0. The molecule has 96 valence electrons. The number of amides is 2. The third kappa shape index (κ3) is 2.68. The Morgan fingerprint density at radius 2 is 2.11 bits per heavy atom. The highest BCUT2D eigenvalue weighted by Gasteiger charge is 2.34. The summed E-state index contributed by atoms with van der Waals surface area (Å²) >= 11 is 0. The molecule has 0 spiro atoms. The SMILES string of the molecule is O=C(NCCO)C1CC(=O)N(c2ccccc2)C1. The molecule has 0 aliphatic carbocycles. The zero-order valence-electron chi connectivity index (χ0n) is 10.0. The molecule has 1 fully saturated rings. The summed E-state index contributed by atoms with van der Waals surface area (Å²) in [6.45, 7) is 0.545. The first-order chi connectivity index (χ1) is 8.72. The molecule has 1 aliphatic heterocycles. The van der Waals surface area contributed by atoms with Crippen LogP contribution in [0.25, 0.3) is 0 Å². The maximum atomic E-state index is 11.9. The van der Waals surface area contributed by atoms with Gasteiger partial charge in [0.15, 0.2) is 0 Å². The fourth-order valence-corrected chi connectivity index (χ4v) is 2.06. The third-order valence-corrected chi connectivity index (χ3v) is 2.97. The second-order valence-corrected chi connectivity index (χ2v) is 4.26. The Morgan fingerprint density at radius 3 is 2.78 bits per heavy atom. The van der Waals surface area contributed by atoms with E-state index < -0.39 is 0 Å². The van der Waals surface area contributed by atoms with Crippen molar-refractivity contribution in [1.29, 1.82) is 0 Å². The number of carbonyl (C=O) groups excluding carboxylic acids is 2. The lowest BCUT2D eigenvalue weighted by atomic mass is 10.1. The number of nitrogens with one attached hydrogen (secondary N) is 1. The Labute approximate surface area is 105 Å². The number of benzene rings is 1. The van der Waals surface area contributed by atoms with E-state index in [0.29, 0.717) is 6.54 Å². The standard InChI is InChI=1S/C13H16N2O3/c16-7-6-14-13(18)10-8-12(17)15(9-10)11-4-2-1-3-5-11/h1-5,10,16H,6-9H2,(H,14,18). The van der Waals surface area contributed by atoms with Crippen LogP contribution in [0.5, 0.6) is 0 Å². The molecule has 0 saturated carbocycles. The fourth-order valence-electron chi connectivity index (χ4n) is 2.06. The van der Waals surface area contributed by atoms with E-state index in [1.54, 1.807) is 4.90 Å². The van der Waals surface area contributed by atoms with Gasteiger partial charge in [0.25, 0.3) is 0 Å². The molecule has 1 aromatic rings. The Kier molecular flexibility index (Phi) is 3.94. The topological polar surface area (TPSA) is 69.6 Å². The molecule has 1 aliphatic rings. The van der Waals surface area contributed by atoms with Crippen molar-refractivity contribution in [1.82, 2.24) is 5.32 Å². The summed E-state index contributed by atoms with van der Waals surface area (Å²) in [6, 6.07) is 9.32. The van der Waals surface area contributed by atoms with E-state index in [1.807, 2.05) is 30.3 Å². The average molecular weight is 248 g/mol. The molecule has 0 bridgehead atoms. The maximum absolute atomic E-state index is 11.9. The lowest BCUT2D eigenvalue weighted by Gasteiger charge is -2.16.